The molecule has 0 spiro atoms. The Balaban J connectivity index is 1.96. The second-order valence-corrected chi connectivity index (χ2v) is 5.71. The fourth-order valence-electron chi connectivity index (χ4n) is 2.90. The van der Waals surface area contributed by atoms with Crippen LogP contribution in [0.3, 0.4) is 0 Å². The van der Waals surface area contributed by atoms with E-state index in [1.165, 1.54) is 12.0 Å². The summed E-state index contributed by atoms with van der Waals surface area (Å²) in [4.78, 5) is 12.1. The predicted octanol–water partition coefficient (Wildman–Crippen LogP) is 2.35. The normalized spacial score (nSPS) is 18.0. The van der Waals surface area contributed by atoms with Gasteiger partial charge in [0.25, 0.3) is 0 Å². The van der Waals surface area contributed by atoms with Crippen LogP contribution in [0.4, 0.5) is 0 Å². The van der Waals surface area contributed by atoms with E-state index in [-0.39, 0.29) is 18.1 Å². The third kappa shape index (κ3) is 3.80. The van der Waals surface area contributed by atoms with Crippen molar-refractivity contribution in [2.45, 2.75) is 51.0 Å². The largest absolute Gasteiger partial charge is 0.394 e. The van der Waals surface area contributed by atoms with Crippen molar-refractivity contribution in [1.82, 2.24) is 5.32 Å². The molecule has 2 N–H and O–H groups in total. The summed E-state index contributed by atoms with van der Waals surface area (Å²) in [7, 11) is 0. The first-order chi connectivity index (χ1) is 9.13. The maximum Gasteiger partial charge on any atom is 0.224 e. The first kappa shape index (κ1) is 14.1. The van der Waals surface area contributed by atoms with Crippen molar-refractivity contribution in [1.29, 1.82) is 0 Å². The molecule has 1 aromatic carbocycles. The lowest BCUT2D eigenvalue weighted by molar-refractivity contribution is -0.123. The molecule has 0 unspecified atom stereocenters. The Morgan fingerprint density at radius 1 is 1.32 bits per heavy atom. The van der Waals surface area contributed by atoms with E-state index in [0.29, 0.717) is 6.42 Å². The Bertz CT molecular complexity index is 436. The second-order valence-electron chi connectivity index (χ2n) is 5.71. The van der Waals surface area contributed by atoms with Crippen LogP contribution in [-0.2, 0) is 11.2 Å². The minimum absolute atomic E-state index is 0.0153. The van der Waals surface area contributed by atoms with E-state index in [4.69, 9.17) is 0 Å². The van der Waals surface area contributed by atoms with Crippen LogP contribution in [0.5, 0.6) is 0 Å². The number of rotatable bonds is 4. The number of aryl methyl sites for hydroxylation is 1. The molecule has 0 heterocycles. The van der Waals surface area contributed by atoms with Crippen molar-refractivity contribution < 1.29 is 9.90 Å². The fraction of sp³-hybridized carbons (Fsp3) is 0.562. The van der Waals surface area contributed by atoms with Gasteiger partial charge in [-0.15, -0.1) is 0 Å². The fourth-order valence-corrected chi connectivity index (χ4v) is 2.90. The lowest BCUT2D eigenvalue weighted by atomic mass is 9.82. The topological polar surface area (TPSA) is 49.3 Å². The predicted molar refractivity (Wildman–Crippen MR) is 75.9 cm³/mol. The first-order valence-electron chi connectivity index (χ1n) is 7.11. The zero-order valence-corrected chi connectivity index (χ0v) is 11.6. The number of carbonyl (C=O) groups is 1. The molecule has 3 heteroatoms. The summed E-state index contributed by atoms with van der Waals surface area (Å²) in [5, 5.41) is 12.6. The number of aliphatic hydroxyl groups is 1. The van der Waals surface area contributed by atoms with Crippen molar-refractivity contribution in [2.24, 2.45) is 0 Å². The van der Waals surface area contributed by atoms with Gasteiger partial charge in [0.05, 0.1) is 18.6 Å². The molecule has 1 amide bonds. The molecule has 0 atom stereocenters. The molecule has 1 aromatic rings. The van der Waals surface area contributed by atoms with Crippen LogP contribution in [0.2, 0.25) is 0 Å². The van der Waals surface area contributed by atoms with Crippen LogP contribution in [0.25, 0.3) is 0 Å². The average molecular weight is 261 g/mol. The van der Waals surface area contributed by atoms with Crippen LogP contribution in [0.1, 0.15) is 43.2 Å². The smallest absolute Gasteiger partial charge is 0.224 e. The van der Waals surface area contributed by atoms with Gasteiger partial charge in [-0.2, -0.15) is 0 Å². The molecule has 104 valence electrons. The van der Waals surface area contributed by atoms with Crippen molar-refractivity contribution in [3.05, 3.63) is 35.4 Å². The number of hydrogen-bond donors (Lipinski definition) is 2. The van der Waals surface area contributed by atoms with Crippen LogP contribution < -0.4 is 5.32 Å². The molecular formula is C16H23NO2. The Morgan fingerprint density at radius 2 is 2.05 bits per heavy atom. The van der Waals surface area contributed by atoms with E-state index in [0.717, 1.165) is 31.2 Å². The molecule has 3 nitrogen and oxygen atoms in total. The van der Waals surface area contributed by atoms with Crippen molar-refractivity contribution in [3.63, 3.8) is 0 Å². The van der Waals surface area contributed by atoms with Gasteiger partial charge < -0.3 is 10.4 Å². The van der Waals surface area contributed by atoms with E-state index in [1.807, 2.05) is 31.2 Å². The van der Waals surface area contributed by atoms with Crippen LogP contribution in [0.15, 0.2) is 24.3 Å². The second kappa shape index (κ2) is 6.20. The molecule has 0 saturated heterocycles. The molecule has 19 heavy (non-hydrogen) atoms. The number of hydrogen-bond acceptors (Lipinski definition) is 2. The highest BCUT2D eigenvalue weighted by Gasteiger charge is 2.32. The number of amides is 1. The molecule has 1 saturated carbocycles. The Morgan fingerprint density at radius 3 is 2.68 bits per heavy atom. The molecule has 1 fully saturated rings. The van der Waals surface area contributed by atoms with Crippen molar-refractivity contribution in [3.8, 4) is 0 Å². The number of aliphatic hydroxyl groups excluding tert-OH is 1. The molecule has 0 aliphatic heterocycles. The van der Waals surface area contributed by atoms with Gasteiger partial charge in [0.1, 0.15) is 0 Å². The summed E-state index contributed by atoms with van der Waals surface area (Å²) >= 11 is 0. The lowest BCUT2D eigenvalue weighted by Crippen LogP contribution is -2.52. The van der Waals surface area contributed by atoms with E-state index in [1.54, 1.807) is 0 Å². The van der Waals surface area contributed by atoms with Gasteiger partial charge in [-0.25, -0.2) is 0 Å². The Kier molecular flexibility index (Phi) is 4.59. The third-order valence-corrected chi connectivity index (χ3v) is 3.97. The molecule has 0 aromatic heterocycles. The van der Waals surface area contributed by atoms with E-state index in [2.05, 4.69) is 5.32 Å². The summed E-state index contributed by atoms with van der Waals surface area (Å²) in [6.07, 6.45) is 5.56. The summed E-state index contributed by atoms with van der Waals surface area (Å²) < 4.78 is 0. The number of carbonyl (C=O) groups excluding carboxylic acids is 1. The molecule has 1 aliphatic carbocycles. The molecular weight excluding hydrogens is 238 g/mol. The van der Waals surface area contributed by atoms with Crippen LogP contribution in [0, 0.1) is 6.92 Å². The van der Waals surface area contributed by atoms with Gasteiger partial charge >= 0.3 is 0 Å². The minimum Gasteiger partial charge on any atom is -0.394 e. The molecule has 2 rings (SSSR count). The Labute approximate surface area is 115 Å². The van der Waals surface area contributed by atoms with Gasteiger partial charge in [0, 0.05) is 0 Å². The third-order valence-electron chi connectivity index (χ3n) is 3.97. The van der Waals surface area contributed by atoms with Crippen LogP contribution in [-0.4, -0.2) is 23.2 Å². The highest BCUT2D eigenvalue weighted by atomic mass is 16.3. The lowest BCUT2D eigenvalue weighted by Gasteiger charge is -2.36. The van der Waals surface area contributed by atoms with Gasteiger partial charge in [0.2, 0.25) is 5.91 Å². The SMILES string of the molecule is Cc1cccc(CC(=O)NC2(CO)CCCCC2)c1. The van der Waals surface area contributed by atoms with Crippen LogP contribution >= 0.6 is 0 Å². The Hall–Kier alpha value is -1.35. The van der Waals surface area contributed by atoms with Gasteiger partial charge in [-0.05, 0) is 25.3 Å². The molecule has 0 bridgehead atoms. The van der Waals surface area contributed by atoms with Crippen molar-refractivity contribution in [2.75, 3.05) is 6.61 Å². The van der Waals surface area contributed by atoms with Gasteiger partial charge in [0.15, 0.2) is 0 Å². The zero-order valence-electron chi connectivity index (χ0n) is 11.6. The summed E-state index contributed by atoms with van der Waals surface area (Å²) in [5.74, 6) is 0.0153. The van der Waals surface area contributed by atoms with Gasteiger partial charge in [-0.1, -0.05) is 49.1 Å². The molecule has 0 radical (unpaired) electrons. The van der Waals surface area contributed by atoms with Gasteiger partial charge in [-0.3, -0.25) is 4.79 Å². The summed E-state index contributed by atoms with van der Waals surface area (Å²) in [6, 6.07) is 8.00. The number of nitrogens with one attached hydrogen (secondary N) is 1. The minimum atomic E-state index is -0.376. The van der Waals surface area contributed by atoms with Crippen molar-refractivity contribution >= 4 is 5.91 Å². The first-order valence-corrected chi connectivity index (χ1v) is 7.11. The average Bonchev–Trinajstić information content (AvgIpc) is 2.39. The van der Waals surface area contributed by atoms with E-state index in [9.17, 15) is 9.90 Å². The molecule has 1 aliphatic rings. The summed E-state index contributed by atoms with van der Waals surface area (Å²) in [5.41, 5.74) is 1.82. The highest BCUT2D eigenvalue weighted by molar-refractivity contribution is 5.79. The quantitative estimate of drug-likeness (QED) is 0.874. The maximum absolute atomic E-state index is 12.1. The summed E-state index contributed by atoms with van der Waals surface area (Å²) in [6.45, 7) is 2.07. The highest BCUT2D eigenvalue weighted by Crippen LogP contribution is 2.27. The zero-order chi connectivity index (χ0) is 13.7. The number of benzene rings is 1. The monoisotopic (exact) mass is 261 g/mol. The standard InChI is InChI=1S/C16H23NO2/c1-13-6-5-7-14(10-13)11-15(19)17-16(12-18)8-3-2-4-9-16/h5-7,10,18H,2-4,8-9,11-12H2,1H3,(H,17,19). The van der Waals surface area contributed by atoms with E-state index < -0.39 is 0 Å². The van der Waals surface area contributed by atoms with E-state index >= 15 is 0 Å². The maximum atomic E-state index is 12.1.